The smallest absolute Gasteiger partial charge is 0.359 e. The highest BCUT2D eigenvalue weighted by Crippen LogP contribution is 2.35. The Morgan fingerprint density at radius 1 is 1.18 bits per heavy atom. The van der Waals surface area contributed by atoms with E-state index in [1.165, 1.54) is 24.3 Å². The van der Waals surface area contributed by atoms with E-state index in [0.29, 0.717) is 4.31 Å². The molecule has 22 heavy (non-hydrogen) atoms. The summed E-state index contributed by atoms with van der Waals surface area (Å²) in [5.41, 5.74) is -0.671. The monoisotopic (exact) mass is 327 g/mol. The number of aliphatic hydroxyl groups is 1. The van der Waals surface area contributed by atoms with Gasteiger partial charge in [-0.2, -0.15) is 0 Å². The van der Waals surface area contributed by atoms with E-state index in [9.17, 15) is 23.1 Å². The molecule has 1 N–H and O–H groups in total. The fourth-order valence-electron chi connectivity index (χ4n) is 2.01. The number of sulfonamides is 1. The fourth-order valence-corrected chi connectivity index (χ4v) is 3.62. The number of benzene rings is 1. The Hall–Kier alpha value is -2.55. The molecule has 0 saturated heterocycles. The van der Waals surface area contributed by atoms with Crippen LogP contribution in [0.3, 0.4) is 0 Å². The summed E-state index contributed by atoms with van der Waals surface area (Å²) in [4.78, 5) is 23.1. The molecule has 9 heteroatoms. The Labute approximate surface area is 126 Å². The van der Waals surface area contributed by atoms with Gasteiger partial charge in [0.15, 0.2) is 11.5 Å². The lowest BCUT2D eigenvalue weighted by atomic mass is 10.1. The van der Waals surface area contributed by atoms with Crippen molar-refractivity contribution in [2.75, 3.05) is 20.8 Å². The summed E-state index contributed by atoms with van der Waals surface area (Å²) in [6.07, 6.45) is 0. The second kappa shape index (κ2) is 5.68. The molecular formula is C13H13NO7S. The van der Waals surface area contributed by atoms with Gasteiger partial charge in [-0.15, -0.1) is 0 Å². The first-order chi connectivity index (χ1) is 10.3. The molecule has 1 aromatic carbocycles. The largest absolute Gasteiger partial charge is 0.505 e. The Morgan fingerprint density at radius 2 is 1.82 bits per heavy atom. The maximum absolute atomic E-state index is 12.6. The number of methoxy groups -OCH3 is 2. The standard InChI is InChI=1S/C13H13NO7S/c1-20-10(15)7-14-11(13(17)21-2)12(16)8-5-3-4-6-9(8)22(14,18)19/h3-6,16H,7H2,1-2H3. The molecule has 0 spiro atoms. The van der Waals surface area contributed by atoms with E-state index in [2.05, 4.69) is 9.47 Å². The molecule has 0 saturated carbocycles. The van der Waals surface area contributed by atoms with E-state index >= 15 is 0 Å². The van der Waals surface area contributed by atoms with Crippen LogP contribution in [0.4, 0.5) is 0 Å². The van der Waals surface area contributed by atoms with Gasteiger partial charge in [0, 0.05) is 5.56 Å². The van der Waals surface area contributed by atoms with Crippen LogP contribution in [0.5, 0.6) is 0 Å². The van der Waals surface area contributed by atoms with E-state index in [4.69, 9.17) is 0 Å². The number of hydrogen-bond donors (Lipinski definition) is 1. The van der Waals surface area contributed by atoms with Crippen LogP contribution in [-0.2, 0) is 29.1 Å². The number of esters is 2. The first-order valence-corrected chi connectivity index (χ1v) is 7.49. The molecule has 0 fully saturated rings. The van der Waals surface area contributed by atoms with Gasteiger partial charge >= 0.3 is 11.9 Å². The molecule has 8 nitrogen and oxygen atoms in total. The number of carbonyl (C=O) groups excluding carboxylic acids is 2. The van der Waals surface area contributed by atoms with Gasteiger partial charge in [-0.25, -0.2) is 17.5 Å². The van der Waals surface area contributed by atoms with Crippen molar-refractivity contribution in [3.63, 3.8) is 0 Å². The molecule has 1 aliphatic rings. The van der Waals surface area contributed by atoms with Gasteiger partial charge in [0.25, 0.3) is 10.0 Å². The van der Waals surface area contributed by atoms with Crippen molar-refractivity contribution in [2.24, 2.45) is 0 Å². The highest BCUT2D eigenvalue weighted by Gasteiger charge is 2.41. The minimum Gasteiger partial charge on any atom is -0.505 e. The predicted octanol–water partition coefficient (Wildman–Crippen LogP) is 0.264. The van der Waals surface area contributed by atoms with E-state index in [-0.39, 0.29) is 10.5 Å². The predicted molar refractivity (Wildman–Crippen MR) is 73.9 cm³/mol. The highest BCUT2D eigenvalue weighted by atomic mass is 32.2. The van der Waals surface area contributed by atoms with Crippen LogP contribution < -0.4 is 0 Å². The topological polar surface area (TPSA) is 110 Å². The van der Waals surface area contributed by atoms with Crippen molar-refractivity contribution < 1.29 is 32.6 Å². The van der Waals surface area contributed by atoms with Gasteiger partial charge in [-0.1, -0.05) is 12.1 Å². The van der Waals surface area contributed by atoms with Gasteiger partial charge in [0.2, 0.25) is 0 Å². The zero-order valence-corrected chi connectivity index (χ0v) is 12.6. The molecule has 0 bridgehead atoms. The number of ether oxygens (including phenoxy) is 2. The Kier molecular flexibility index (Phi) is 4.09. The van der Waals surface area contributed by atoms with Crippen LogP contribution in [0.15, 0.2) is 34.9 Å². The van der Waals surface area contributed by atoms with Crippen molar-refractivity contribution in [1.82, 2.24) is 4.31 Å². The minimum absolute atomic E-state index is 0.0379. The molecule has 1 aliphatic heterocycles. The highest BCUT2D eigenvalue weighted by molar-refractivity contribution is 7.89. The molecule has 1 aromatic rings. The summed E-state index contributed by atoms with van der Waals surface area (Å²) >= 11 is 0. The van der Waals surface area contributed by atoms with Crippen molar-refractivity contribution in [3.8, 4) is 0 Å². The maximum atomic E-state index is 12.6. The van der Waals surface area contributed by atoms with Crippen LogP contribution in [-0.4, -0.2) is 50.5 Å². The number of carbonyl (C=O) groups is 2. The number of rotatable bonds is 3. The second-order valence-electron chi connectivity index (χ2n) is 4.27. The number of nitrogens with zero attached hydrogens (tertiary/aromatic N) is 1. The van der Waals surface area contributed by atoms with Crippen molar-refractivity contribution in [3.05, 3.63) is 35.5 Å². The molecule has 0 radical (unpaired) electrons. The molecule has 2 rings (SSSR count). The van der Waals surface area contributed by atoms with E-state index < -0.39 is 40.0 Å². The molecule has 0 amide bonds. The third kappa shape index (κ3) is 2.39. The summed E-state index contributed by atoms with van der Waals surface area (Å²) in [6, 6.07) is 5.58. The maximum Gasteiger partial charge on any atom is 0.359 e. The summed E-state index contributed by atoms with van der Waals surface area (Å²) in [5, 5.41) is 10.2. The third-order valence-electron chi connectivity index (χ3n) is 3.06. The SMILES string of the molecule is COC(=O)CN1C(C(=O)OC)=C(O)c2ccccc2S1(=O)=O. The van der Waals surface area contributed by atoms with Crippen LogP contribution >= 0.6 is 0 Å². The summed E-state index contributed by atoms with van der Waals surface area (Å²) in [6.45, 7) is -0.762. The summed E-state index contributed by atoms with van der Waals surface area (Å²) < 4.78 is 34.6. The quantitative estimate of drug-likeness (QED) is 0.793. The number of hydrogen-bond acceptors (Lipinski definition) is 7. The van der Waals surface area contributed by atoms with Crippen LogP contribution in [0.25, 0.3) is 5.76 Å². The molecular weight excluding hydrogens is 314 g/mol. The van der Waals surface area contributed by atoms with Crippen molar-refractivity contribution in [1.29, 1.82) is 0 Å². The summed E-state index contributed by atoms with van der Waals surface area (Å²) in [5.74, 6) is -2.56. The van der Waals surface area contributed by atoms with Crippen LogP contribution in [0.2, 0.25) is 0 Å². The lowest BCUT2D eigenvalue weighted by Gasteiger charge is -2.29. The van der Waals surface area contributed by atoms with E-state index in [0.717, 1.165) is 14.2 Å². The Balaban J connectivity index is 2.73. The number of aliphatic hydroxyl groups excluding tert-OH is 1. The Morgan fingerprint density at radius 3 is 2.41 bits per heavy atom. The van der Waals surface area contributed by atoms with Gasteiger partial charge < -0.3 is 14.6 Å². The summed E-state index contributed by atoms with van der Waals surface area (Å²) in [7, 11) is -2.10. The zero-order valence-electron chi connectivity index (χ0n) is 11.8. The first kappa shape index (κ1) is 15.8. The van der Waals surface area contributed by atoms with Gasteiger partial charge in [0.1, 0.15) is 6.54 Å². The zero-order chi connectivity index (χ0) is 16.5. The number of fused-ring (bicyclic) bond motifs is 1. The molecule has 118 valence electrons. The van der Waals surface area contributed by atoms with E-state index in [1.54, 1.807) is 0 Å². The molecule has 0 unspecified atom stereocenters. The van der Waals surface area contributed by atoms with E-state index in [1.807, 2.05) is 0 Å². The lowest BCUT2D eigenvalue weighted by Crippen LogP contribution is -2.41. The second-order valence-corrected chi connectivity index (χ2v) is 6.10. The molecule has 0 aliphatic carbocycles. The average Bonchev–Trinajstić information content (AvgIpc) is 2.52. The van der Waals surface area contributed by atoms with Gasteiger partial charge in [-0.3, -0.25) is 4.79 Å². The van der Waals surface area contributed by atoms with Crippen molar-refractivity contribution >= 4 is 27.7 Å². The van der Waals surface area contributed by atoms with Crippen LogP contribution in [0.1, 0.15) is 5.56 Å². The third-order valence-corrected chi connectivity index (χ3v) is 4.87. The normalized spacial score (nSPS) is 16.0. The first-order valence-electron chi connectivity index (χ1n) is 6.05. The fraction of sp³-hybridized carbons (Fsp3) is 0.231. The van der Waals surface area contributed by atoms with Crippen molar-refractivity contribution in [2.45, 2.75) is 4.90 Å². The molecule has 1 heterocycles. The molecule has 0 aromatic heterocycles. The van der Waals surface area contributed by atoms with Gasteiger partial charge in [0.05, 0.1) is 19.1 Å². The average molecular weight is 327 g/mol. The lowest BCUT2D eigenvalue weighted by molar-refractivity contribution is -0.141. The van der Waals surface area contributed by atoms with Crippen LogP contribution in [0, 0.1) is 0 Å². The Bertz CT molecular complexity index is 766. The minimum atomic E-state index is -4.21. The molecule has 0 atom stereocenters. The van der Waals surface area contributed by atoms with Gasteiger partial charge in [-0.05, 0) is 12.1 Å².